The first-order valence-corrected chi connectivity index (χ1v) is 5.77. The minimum Gasteiger partial charge on any atom is -0.508 e. The van der Waals surface area contributed by atoms with Gasteiger partial charge in [0.05, 0.1) is 0 Å². The molecule has 0 aliphatic carbocycles. The van der Waals surface area contributed by atoms with Gasteiger partial charge in [-0.1, -0.05) is 35.9 Å². The fourth-order valence-corrected chi connectivity index (χ4v) is 1.87. The molecule has 0 amide bonds. The zero-order valence-corrected chi connectivity index (χ0v) is 10.1. The molecule has 0 bridgehead atoms. The maximum absolute atomic E-state index is 9.40. The molecule has 0 saturated heterocycles. The summed E-state index contributed by atoms with van der Waals surface area (Å²) in [7, 11) is 0. The van der Waals surface area contributed by atoms with Crippen molar-refractivity contribution in [2.45, 2.75) is 19.9 Å². The van der Waals surface area contributed by atoms with Crippen LogP contribution < -0.4 is 5.32 Å². The van der Waals surface area contributed by atoms with Crippen LogP contribution in [-0.4, -0.2) is 5.11 Å². The van der Waals surface area contributed by atoms with E-state index in [0.29, 0.717) is 0 Å². The van der Waals surface area contributed by atoms with E-state index < -0.39 is 0 Å². The van der Waals surface area contributed by atoms with Gasteiger partial charge in [-0.05, 0) is 31.5 Å². The Hall–Kier alpha value is -1.96. The molecule has 1 unspecified atom stereocenters. The number of benzene rings is 2. The number of aromatic hydroxyl groups is 1. The van der Waals surface area contributed by atoms with E-state index in [9.17, 15) is 5.11 Å². The predicted octanol–water partition coefficient (Wildman–Crippen LogP) is 3.87. The largest absolute Gasteiger partial charge is 0.508 e. The molecule has 2 N–H and O–H groups in total. The molecule has 0 radical (unpaired) electrons. The van der Waals surface area contributed by atoms with Crippen molar-refractivity contribution in [3.63, 3.8) is 0 Å². The fraction of sp³-hybridized carbons (Fsp3) is 0.200. The molecule has 0 spiro atoms. The molecule has 88 valence electrons. The van der Waals surface area contributed by atoms with Crippen LogP contribution in [0.15, 0.2) is 48.5 Å². The Balaban J connectivity index is 2.14. The summed E-state index contributed by atoms with van der Waals surface area (Å²) in [4.78, 5) is 0. The summed E-state index contributed by atoms with van der Waals surface area (Å²) in [6.45, 7) is 4.20. The van der Waals surface area contributed by atoms with E-state index in [1.165, 1.54) is 11.1 Å². The first kappa shape index (κ1) is 11.5. The second kappa shape index (κ2) is 4.91. The molecule has 2 aromatic carbocycles. The van der Waals surface area contributed by atoms with Crippen LogP contribution in [0.3, 0.4) is 0 Å². The van der Waals surface area contributed by atoms with Crippen LogP contribution in [0, 0.1) is 6.92 Å². The van der Waals surface area contributed by atoms with Crippen molar-refractivity contribution < 1.29 is 5.11 Å². The maximum atomic E-state index is 9.40. The molecule has 1 atom stereocenters. The normalized spacial score (nSPS) is 12.1. The van der Waals surface area contributed by atoms with Crippen LogP contribution >= 0.6 is 0 Å². The molecule has 2 aromatic rings. The highest BCUT2D eigenvalue weighted by Gasteiger charge is 2.05. The molecule has 0 heterocycles. The van der Waals surface area contributed by atoms with Crippen LogP contribution in [0.4, 0.5) is 5.69 Å². The number of phenolic OH excluding ortho intramolecular Hbond substituents is 1. The van der Waals surface area contributed by atoms with Crippen molar-refractivity contribution in [3.05, 3.63) is 59.7 Å². The highest BCUT2D eigenvalue weighted by Crippen LogP contribution is 2.22. The highest BCUT2D eigenvalue weighted by atomic mass is 16.3. The summed E-state index contributed by atoms with van der Waals surface area (Å²) in [5.41, 5.74) is 3.43. The lowest BCUT2D eigenvalue weighted by atomic mass is 10.1. The second-order valence-corrected chi connectivity index (χ2v) is 4.33. The number of phenols is 1. The quantitative estimate of drug-likeness (QED) is 0.834. The van der Waals surface area contributed by atoms with Crippen molar-refractivity contribution in [3.8, 4) is 5.75 Å². The zero-order valence-electron chi connectivity index (χ0n) is 10.1. The number of rotatable bonds is 3. The fourth-order valence-electron chi connectivity index (χ4n) is 1.87. The average Bonchev–Trinajstić information content (AvgIpc) is 2.29. The summed E-state index contributed by atoms with van der Waals surface area (Å²) >= 11 is 0. The van der Waals surface area contributed by atoms with E-state index in [2.05, 4.69) is 43.4 Å². The highest BCUT2D eigenvalue weighted by molar-refractivity contribution is 5.49. The lowest BCUT2D eigenvalue weighted by molar-refractivity contribution is 0.475. The van der Waals surface area contributed by atoms with Crippen molar-refractivity contribution >= 4 is 5.69 Å². The van der Waals surface area contributed by atoms with Crippen LogP contribution in [0.1, 0.15) is 24.1 Å². The lowest BCUT2D eigenvalue weighted by Gasteiger charge is -2.16. The average molecular weight is 227 g/mol. The Morgan fingerprint density at radius 3 is 2.53 bits per heavy atom. The number of hydrogen-bond acceptors (Lipinski definition) is 2. The zero-order chi connectivity index (χ0) is 12.3. The number of aryl methyl sites for hydroxylation is 1. The molecule has 0 aromatic heterocycles. The minimum atomic E-state index is 0.219. The van der Waals surface area contributed by atoms with Gasteiger partial charge in [0.1, 0.15) is 5.75 Å². The second-order valence-electron chi connectivity index (χ2n) is 4.33. The van der Waals surface area contributed by atoms with Crippen LogP contribution in [0.25, 0.3) is 0 Å². The van der Waals surface area contributed by atoms with Gasteiger partial charge in [0.2, 0.25) is 0 Å². The molecule has 2 heteroatoms. The van der Waals surface area contributed by atoms with Gasteiger partial charge in [0, 0.05) is 17.8 Å². The van der Waals surface area contributed by atoms with Gasteiger partial charge in [0.15, 0.2) is 0 Å². The Morgan fingerprint density at radius 2 is 1.82 bits per heavy atom. The predicted molar refractivity (Wildman–Crippen MR) is 71.3 cm³/mol. The number of hydrogen-bond donors (Lipinski definition) is 2. The van der Waals surface area contributed by atoms with E-state index in [0.717, 1.165) is 5.69 Å². The van der Waals surface area contributed by atoms with Crippen molar-refractivity contribution in [1.29, 1.82) is 0 Å². The third kappa shape index (κ3) is 3.00. The molecule has 0 aliphatic rings. The van der Waals surface area contributed by atoms with Gasteiger partial charge in [-0.3, -0.25) is 0 Å². The number of nitrogens with one attached hydrogen (secondary N) is 1. The van der Waals surface area contributed by atoms with Crippen LogP contribution in [0.5, 0.6) is 5.75 Å². The Kier molecular flexibility index (Phi) is 3.33. The Labute approximate surface area is 102 Å². The van der Waals surface area contributed by atoms with Gasteiger partial charge in [-0.25, -0.2) is 0 Å². The SMILES string of the molecule is Cc1cccc(C(C)Nc2cccc(O)c2)c1. The first-order valence-electron chi connectivity index (χ1n) is 5.77. The van der Waals surface area contributed by atoms with Crippen molar-refractivity contribution in [2.75, 3.05) is 5.32 Å². The van der Waals surface area contributed by atoms with Crippen LogP contribution in [-0.2, 0) is 0 Å². The third-order valence-electron chi connectivity index (χ3n) is 2.77. The summed E-state index contributed by atoms with van der Waals surface area (Å²) in [6, 6.07) is 15.8. The summed E-state index contributed by atoms with van der Waals surface area (Å²) < 4.78 is 0. The summed E-state index contributed by atoms with van der Waals surface area (Å²) in [6.07, 6.45) is 0. The standard InChI is InChI=1S/C15H17NO/c1-11-5-3-6-13(9-11)12(2)16-14-7-4-8-15(17)10-14/h3-10,12,16-17H,1-2H3. The van der Waals surface area contributed by atoms with Gasteiger partial charge in [-0.2, -0.15) is 0 Å². The van der Waals surface area contributed by atoms with E-state index >= 15 is 0 Å². The van der Waals surface area contributed by atoms with E-state index in [1.807, 2.05) is 12.1 Å². The molecule has 17 heavy (non-hydrogen) atoms. The molecule has 0 saturated carbocycles. The van der Waals surface area contributed by atoms with E-state index in [4.69, 9.17) is 0 Å². The van der Waals surface area contributed by atoms with E-state index in [1.54, 1.807) is 12.1 Å². The monoisotopic (exact) mass is 227 g/mol. The van der Waals surface area contributed by atoms with Gasteiger partial charge in [0.25, 0.3) is 0 Å². The van der Waals surface area contributed by atoms with Crippen LogP contribution in [0.2, 0.25) is 0 Å². The Morgan fingerprint density at radius 1 is 1.06 bits per heavy atom. The third-order valence-corrected chi connectivity index (χ3v) is 2.77. The first-order chi connectivity index (χ1) is 8.15. The minimum absolute atomic E-state index is 0.219. The Bertz CT molecular complexity index is 508. The van der Waals surface area contributed by atoms with Gasteiger partial charge in [-0.15, -0.1) is 0 Å². The van der Waals surface area contributed by atoms with Crippen molar-refractivity contribution in [1.82, 2.24) is 0 Å². The molecule has 0 aliphatic heterocycles. The van der Waals surface area contributed by atoms with Crippen molar-refractivity contribution in [2.24, 2.45) is 0 Å². The number of anilines is 1. The smallest absolute Gasteiger partial charge is 0.117 e. The molecule has 2 rings (SSSR count). The van der Waals surface area contributed by atoms with Gasteiger partial charge >= 0.3 is 0 Å². The molecule has 0 fully saturated rings. The lowest BCUT2D eigenvalue weighted by Crippen LogP contribution is -2.06. The molecular weight excluding hydrogens is 210 g/mol. The topological polar surface area (TPSA) is 32.3 Å². The molecular formula is C15H17NO. The summed E-state index contributed by atoms with van der Waals surface area (Å²) in [5.74, 6) is 0.284. The van der Waals surface area contributed by atoms with E-state index in [-0.39, 0.29) is 11.8 Å². The summed E-state index contributed by atoms with van der Waals surface area (Å²) in [5, 5.41) is 12.8. The maximum Gasteiger partial charge on any atom is 0.117 e. The molecule has 2 nitrogen and oxygen atoms in total. The van der Waals surface area contributed by atoms with Gasteiger partial charge < -0.3 is 10.4 Å².